The number of benzene rings is 1. The summed E-state index contributed by atoms with van der Waals surface area (Å²) in [7, 11) is 0. The van der Waals surface area contributed by atoms with Crippen LogP contribution in [0.25, 0.3) is 10.2 Å². The van der Waals surface area contributed by atoms with Crippen molar-refractivity contribution in [1.29, 1.82) is 0 Å². The molecule has 0 atom stereocenters. The molecule has 1 aromatic carbocycles. The van der Waals surface area contributed by atoms with Crippen LogP contribution in [0.2, 0.25) is 5.02 Å². The van der Waals surface area contributed by atoms with Crippen LogP contribution in [0.15, 0.2) is 40.3 Å². The van der Waals surface area contributed by atoms with E-state index < -0.39 is 0 Å². The van der Waals surface area contributed by atoms with Crippen LogP contribution in [0.1, 0.15) is 4.88 Å². The minimum Gasteiger partial charge on any atom is -0.368 e. The first-order valence-corrected chi connectivity index (χ1v) is 7.60. The Hall–Kier alpha value is -1.30. The summed E-state index contributed by atoms with van der Waals surface area (Å²) in [6, 6.07) is 9.78. The smallest absolute Gasteiger partial charge is 0.222 e. The van der Waals surface area contributed by atoms with Crippen molar-refractivity contribution in [1.82, 2.24) is 9.97 Å². The predicted octanol–water partition coefficient (Wildman–Crippen LogP) is 4.39. The van der Waals surface area contributed by atoms with Crippen LogP contribution in [0.5, 0.6) is 0 Å². The average molecular weight is 308 g/mol. The highest BCUT2D eigenvalue weighted by molar-refractivity contribution is 7.99. The lowest BCUT2D eigenvalue weighted by molar-refractivity contribution is 1.12. The standard InChI is InChI=1S/C13H10ClN3S2/c1-7-6-8-11(18-7)16-13(15)17-12(8)19-10-5-3-2-4-9(10)14/h2-6H,1H3,(H2,15,16,17). The highest BCUT2D eigenvalue weighted by atomic mass is 35.5. The van der Waals surface area contributed by atoms with E-state index in [0.29, 0.717) is 11.0 Å². The lowest BCUT2D eigenvalue weighted by atomic mass is 10.4. The van der Waals surface area contributed by atoms with Crippen molar-refractivity contribution in [2.75, 3.05) is 5.73 Å². The largest absolute Gasteiger partial charge is 0.368 e. The van der Waals surface area contributed by atoms with Gasteiger partial charge in [-0.05, 0) is 25.1 Å². The van der Waals surface area contributed by atoms with Gasteiger partial charge in [0.25, 0.3) is 0 Å². The second-order valence-corrected chi connectivity index (χ2v) is 6.67. The molecule has 19 heavy (non-hydrogen) atoms. The van der Waals surface area contributed by atoms with Crippen molar-refractivity contribution in [3.8, 4) is 0 Å². The van der Waals surface area contributed by atoms with Gasteiger partial charge in [-0.3, -0.25) is 0 Å². The zero-order chi connectivity index (χ0) is 13.4. The molecule has 0 aliphatic rings. The zero-order valence-corrected chi connectivity index (χ0v) is 12.4. The lowest BCUT2D eigenvalue weighted by Gasteiger charge is -2.04. The van der Waals surface area contributed by atoms with Crippen LogP contribution in [0, 0.1) is 6.92 Å². The number of nitrogen functional groups attached to an aromatic ring is 1. The van der Waals surface area contributed by atoms with Gasteiger partial charge in [0.15, 0.2) is 0 Å². The number of thiophene rings is 1. The Morgan fingerprint density at radius 3 is 2.84 bits per heavy atom. The van der Waals surface area contributed by atoms with Gasteiger partial charge < -0.3 is 5.73 Å². The van der Waals surface area contributed by atoms with Gasteiger partial charge in [-0.1, -0.05) is 35.5 Å². The maximum Gasteiger partial charge on any atom is 0.222 e. The van der Waals surface area contributed by atoms with Crippen molar-refractivity contribution in [3.05, 3.63) is 40.2 Å². The molecule has 6 heteroatoms. The number of fused-ring (bicyclic) bond motifs is 1. The fourth-order valence-corrected chi connectivity index (χ4v) is 3.87. The van der Waals surface area contributed by atoms with Crippen molar-refractivity contribution in [2.45, 2.75) is 16.8 Å². The van der Waals surface area contributed by atoms with Gasteiger partial charge in [-0.2, -0.15) is 0 Å². The van der Waals surface area contributed by atoms with E-state index in [1.165, 1.54) is 16.6 Å². The van der Waals surface area contributed by atoms with Crippen LogP contribution in [-0.4, -0.2) is 9.97 Å². The second kappa shape index (κ2) is 5.00. The normalized spacial score (nSPS) is 11.1. The van der Waals surface area contributed by atoms with Gasteiger partial charge in [0.05, 0.1) is 5.02 Å². The van der Waals surface area contributed by atoms with Crippen LogP contribution >= 0.6 is 34.7 Å². The fourth-order valence-electron chi connectivity index (χ4n) is 1.74. The van der Waals surface area contributed by atoms with Crippen LogP contribution < -0.4 is 5.73 Å². The van der Waals surface area contributed by atoms with E-state index in [1.807, 2.05) is 31.2 Å². The Balaban J connectivity index is 2.12. The first kappa shape index (κ1) is 12.7. The third kappa shape index (κ3) is 2.54. The maximum absolute atomic E-state index is 6.18. The summed E-state index contributed by atoms with van der Waals surface area (Å²) in [5.74, 6) is 0.295. The minimum absolute atomic E-state index is 0.295. The van der Waals surface area contributed by atoms with Crippen LogP contribution in [-0.2, 0) is 0 Å². The Labute approximate surface area is 123 Å². The SMILES string of the molecule is Cc1cc2c(Sc3ccccc3Cl)nc(N)nc2s1. The van der Waals surface area contributed by atoms with E-state index >= 15 is 0 Å². The van der Waals surface area contributed by atoms with Crippen molar-refractivity contribution in [2.24, 2.45) is 0 Å². The molecule has 0 bridgehead atoms. The summed E-state index contributed by atoms with van der Waals surface area (Å²) in [5, 5.41) is 2.59. The quantitative estimate of drug-likeness (QED) is 0.714. The van der Waals surface area contributed by atoms with E-state index in [1.54, 1.807) is 11.3 Å². The van der Waals surface area contributed by atoms with Crippen molar-refractivity contribution >= 4 is 50.9 Å². The minimum atomic E-state index is 0.295. The molecule has 0 aliphatic heterocycles. The van der Waals surface area contributed by atoms with Gasteiger partial charge in [-0.15, -0.1) is 11.3 Å². The second-order valence-electron chi connectivity index (χ2n) is 4.00. The molecule has 96 valence electrons. The van der Waals surface area contributed by atoms with Gasteiger partial charge in [0, 0.05) is 15.2 Å². The number of nitrogens with two attached hydrogens (primary N) is 1. The number of nitrogens with zero attached hydrogens (tertiary/aromatic N) is 2. The topological polar surface area (TPSA) is 51.8 Å². The monoisotopic (exact) mass is 307 g/mol. The van der Waals surface area contributed by atoms with Crippen LogP contribution in [0.4, 0.5) is 5.95 Å². The molecule has 0 saturated heterocycles. The van der Waals surface area contributed by atoms with E-state index in [-0.39, 0.29) is 0 Å². The third-order valence-electron chi connectivity index (χ3n) is 2.54. The van der Waals surface area contributed by atoms with E-state index in [0.717, 1.165) is 20.1 Å². The summed E-state index contributed by atoms with van der Waals surface area (Å²) in [6.07, 6.45) is 0. The van der Waals surface area contributed by atoms with Gasteiger partial charge in [-0.25, -0.2) is 9.97 Å². The Morgan fingerprint density at radius 1 is 1.26 bits per heavy atom. The molecule has 3 rings (SSSR count). The molecule has 3 aromatic rings. The average Bonchev–Trinajstić information content (AvgIpc) is 2.72. The molecule has 0 unspecified atom stereocenters. The highest BCUT2D eigenvalue weighted by Crippen LogP contribution is 2.37. The lowest BCUT2D eigenvalue weighted by Crippen LogP contribution is -1.95. The summed E-state index contributed by atoms with van der Waals surface area (Å²) in [6.45, 7) is 2.05. The Bertz CT molecular complexity index is 755. The molecule has 0 amide bonds. The molecule has 2 heterocycles. The maximum atomic E-state index is 6.18. The number of hydrogen-bond acceptors (Lipinski definition) is 5. The number of rotatable bonds is 2. The van der Waals surface area contributed by atoms with Crippen molar-refractivity contribution < 1.29 is 0 Å². The van der Waals surface area contributed by atoms with Gasteiger partial charge in [0.1, 0.15) is 9.86 Å². The highest BCUT2D eigenvalue weighted by Gasteiger charge is 2.12. The number of aryl methyl sites for hydroxylation is 1. The van der Waals surface area contributed by atoms with Crippen molar-refractivity contribution in [3.63, 3.8) is 0 Å². The molecule has 0 saturated carbocycles. The number of hydrogen-bond donors (Lipinski definition) is 1. The number of anilines is 1. The first-order valence-electron chi connectivity index (χ1n) is 5.59. The third-order valence-corrected chi connectivity index (χ3v) is 5.01. The summed E-state index contributed by atoms with van der Waals surface area (Å²) in [5.41, 5.74) is 5.76. The molecule has 0 fully saturated rings. The zero-order valence-electron chi connectivity index (χ0n) is 10.1. The number of halogens is 1. The molecular formula is C13H10ClN3S2. The van der Waals surface area contributed by atoms with E-state index in [2.05, 4.69) is 16.0 Å². The summed E-state index contributed by atoms with van der Waals surface area (Å²) in [4.78, 5) is 11.7. The Kier molecular flexibility index (Phi) is 3.35. The molecular weight excluding hydrogens is 298 g/mol. The van der Waals surface area contributed by atoms with Gasteiger partial charge in [0.2, 0.25) is 5.95 Å². The van der Waals surface area contributed by atoms with E-state index in [4.69, 9.17) is 17.3 Å². The molecule has 3 nitrogen and oxygen atoms in total. The first-order chi connectivity index (χ1) is 9.13. The van der Waals surface area contributed by atoms with Crippen LogP contribution in [0.3, 0.4) is 0 Å². The Morgan fingerprint density at radius 2 is 2.05 bits per heavy atom. The van der Waals surface area contributed by atoms with Gasteiger partial charge >= 0.3 is 0 Å². The summed E-state index contributed by atoms with van der Waals surface area (Å²) < 4.78 is 0. The fraction of sp³-hybridized carbons (Fsp3) is 0.0769. The number of aromatic nitrogens is 2. The molecule has 2 N–H and O–H groups in total. The molecule has 0 radical (unpaired) electrons. The predicted molar refractivity (Wildman–Crippen MR) is 82.1 cm³/mol. The van der Waals surface area contributed by atoms with E-state index in [9.17, 15) is 0 Å². The summed E-state index contributed by atoms with van der Waals surface area (Å²) >= 11 is 9.31. The molecule has 0 spiro atoms. The molecule has 2 aromatic heterocycles. The molecule has 0 aliphatic carbocycles.